The van der Waals surface area contributed by atoms with Crippen LogP contribution in [-0.2, 0) is 0 Å². The molecular weight excluding hydrogens is 296 g/mol. The minimum atomic E-state index is -0.339. The second-order valence-corrected chi connectivity index (χ2v) is 5.90. The summed E-state index contributed by atoms with van der Waals surface area (Å²) >= 11 is 2.98. The predicted molar refractivity (Wildman–Crippen MR) is 79.0 cm³/mol. The molecule has 106 valence electrons. The molecule has 0 aliphatic rings. The number of hydrogen-bond acceptors (Lipinski definition) is 7. The normalized spacial score (nSPS) is 10.3. The summed E-state index contributed by atoms with van der Waals surface area (Å²) in [6, 6.07) is 6.88. The van der Waals surface area contributed by atoms with E-state index in [9.17, 15) is 4.79 Å². The monoisotopic (exact) mass is 310 g/mol. The van der Waals surface area contributed by atoms with Crippen LogP contribution in [0, 0.1) is 6.92 Å². The molecule has 0 radical (unpaired) electrons. The zero-order valence-corrected chi connectivity index (χ0v) is 12.5. The van der Waals surface area contributed by atoms with Crippen molar-refractivity contribution in [2.24, 2.45) is 5.84 Å². The number of carbonyl (C=O) groups is 1. The lowest BCUT2D eigenvalue weighted by Gasteiger charge is -2.06. The van der Waals surface area contributed by atoms with Crippen molar-refractivity contribution in [2.75, 3.05) is 12.4 Å². The Morgan fingerprint density at radius 1 is 1.55 bits per heavy atom. The molecule has 20 heavy (non-hydrogen) atoms. The number of hydrogen-bond donors (Lipinski definition) is 2. The quantitative estimate of drug-likeness (QED) is 0.277. The Morgan fingerprint density at radius 3 is 3.10 bits per heavy atom. The third kappa shape index (κ3) is 4.19. The SMILES string of the molecule is Cc1nsc(SCCOc2cccc(C(=O)NN)c2)n1. The summed E-state index contributed by atoms with van der Waals surface area (Å²) in [5, 5.41) is 0. The summed E-state index contributed by atoms with van der Waals surface area (Å²) < 4.78 is 10.6. The maximum Gasteiger partial charge on any atom is 0.265 e. The van der Waals surface area contributed by atoms with Crippen LogP contribution in [0.1, 0.15) is 16.2 Å². The standard InChI is InChI=1S/C12H14N4O2S2/c1-8-14-12(20-16-8)19-6-5-18-10-4-2-3-9(7-10)11(17)15-13/h2-4,7H,5-6,13H2,1H3,(H,15,17). The van der Waals surface area contributed by atoms with Crippen LogP contribution in [0.25, 0.3) is 0 Å². The molecule has 0 spiro atoms. The molecule has 0 unspecified atom stereocenters. The molecule has 0 bridgehead atoms. The van der Waals surface area contributed by atoms with Crippen LogP contribution in [0.3, 0.4) is 0 Å². The fourth-order valence-electron chi connectivity index (χ4n) is 1.44. The van der Waals surface area contributed by atoms with Gasteiger partial charge in [0.15, 0.2) is 4.34 Å². The number of carbonyl (C=O) groups excluding carboxylic acids is 1. The molecule has 2 rings (SSSR count). The van der Waals surface area contributed by atoms with Crippen molar-refractivity contribution in [3.05, 3.63) is 35.7 Å². The van der Waals surface area contributed by atoms with Gasteiger partial charge in [0.2, 0.25) is 0 Å². The molecule has 1 heterocycles. The van der Waals surface area contributed by atoms with E-state index in [0.29, 0.717) is 17.9 Å². The van der Waals surface area contributed by atoms with Gasteiger partial charge in [0.05, 0.1) is 6.61 Å². The maximum absolute atomic E-state index is 11.4. The highest BCUT2D eigenvalue weighted by atomic mass is 32.2. The summed E-state index contributed by atoms with van der Waals surface area (Å²) in [5.41, 5.74) is 2.56. The van der Waals surface area contributed by atoms with Gasteiger partial charge in [-0.3, -0.25) is 10.2 Å². The summed E-state index contributed by atoms with van der Waals surface area (Å²) in [5.74, 6) is 6.94. The number of aryl methyl sites for hydroxylation is 1. The fourth-order valence-corrected chi connectivity index (χ4v) is 2.97. The highest BCUT2D eigenvalue weighted by molar-refractivity contribution is 8.00. The molecule has 0 atom stereocenters. The average molecular weight is 310 g/mol. The molecule has 0 aliphatic heterocycles. The van der Waals surface area contributed by atoms with Gasteiger partial charge in [0.1, 0.15) is 11.6 Å². The van der Waals surface area contributed by atoms with E-state index in [0.717, 1.165) is 15.9 Å². The fraction of sp³-hybridized carbons (Fsp3) is 0.250. The molecule has 1 aromatic carbocycles. The number of aromatic nitrogens is 2. The van der Waals surface area contributed by atoms with Gasteiger partial charge in [0.25, 0.3) is 5.91 Å². The van der Waals surface area contributed by atoms with Crippen molar-refractivity contribution in [2.45, 2.75) is 11.3 Å². The van der Waals surface area contributed by atoms with Gasteiger partial charge < -0.3 is 4.74 Å². The van der Waals surface area contributed by atoms with Crippen LogP contribution < -0.4 is 16.0 Å². The molecule has 1 amide bonds. The number of rotatable bonds is 6. The molecule has 1 aromatic heterocycles. The number of nitrogens with zero attached hydrogens (tertiary/aromatic N) is 2. The van der Waals surface area contributed by atoms with Crippen LogP contribution in [0.5, 0.6) is 5.75 Å². The van der Waals surface area contributed by atoms with Crippen molar-refractivity contribution in [3.8, 4) is 5.75 Å². The summed E-state index contributed by atoms with van der Waals surface area (Å²) in [4.78, 5) is 15.6. The highest BCUT2D eigenvalue weighted by Crippen LogP contribution is 2.20. The van der Waals surface area contributed by atoms with E-state index in [2.05, 4.69) is 14.8 Å². The van der Waals surface area contributed by atoms with Crippen LogP contribution in [0.2, 0.25) is 0 Å². The van der Waals surface area contributed by atoms with Gasteiger partial charge in [0, 0.05) is 11.3 Å². The van der Waals surface area contributed by atoms with Gasteiger partial charge >= 0.3 is 0 Å². The molecule has 3 N–H and O–H groups in total. The van der Waals surface area contributed by atoms with Gasteiger partial charge in [-0.25, -0.2) is 10.8 Å². The molecule has 0 saturated carbocycles. The number of ether oxygens (including phenoxy) is 1. The van der Waals surface area contributed by atoms with Gasteiger partial charge in [-0.15, -0.1) is 0 Å². The zero-order chi connectivity index (χ0) is 14.4. The van der Waals surface area contributed by atoms with E-state index in [4.69, 9.17) is 10.6 Å². The van der Waals surface area contributed by atoms with E-state index in [-0.39, 0.29) is 5.91 Å². The second kappa shape index (κ2) is 7.22. The Hall–Kier alpha value is -1.64. The number of hydrazine groups is 1. The summed E-state index contributed by atoms with van der Waals surface area (Å²) in [7, 11) is 0. The van der Waals surface area contributed by atoms with Gasteiger partial charge in [-0.2, -0.15) is 4.37 Å². The van der Waals surface area contributed by atoms with Crippen LogP contribution in [0.4, 0.5) is 0 Å². The number of amides is 1. The first-order valence-electron chi connectivity index (χ1n) is 5.86. The Kier molecular flexibility index (Phi) is 5.33. The Labute approximate surface area is 124 Å². The number of nitrogens with one attached hydrogen (secondary N) is 1. The third-order valence-electron chi connectivity index (χ3n) is 2.31. The number of nitrogen functional groups attached to an aromatic ring is 1. The zero-order valence-electron chi connectivity index (χ0n) is 10.8. The number of nitrogens with two attached hydrogens (primary N) is 1. The molecule has 8 heteroatoms. The van der Waals surface area contributed by atoms with E-state index in [1.807, 2.05) is 6.92 Å². The van der Waals surface area contributed by atoms with Crippen LogP contribution in [-0.4, -0.2) is 27.6 Å². The van der Waals surface area contributed by atoms with Gasteiger partial charge in [-0.05, 0) is 36.7 Å². The Balaban J connectivity index is 1.80. The lowest BCUT2D eigenvalue weighted by atomic mass is 10.2. The Bertz CT molecular complexity index is 588. The highest BCUT2D eigenvalue weighted by Gasteiger charge is 2.05. The van der Waals surface area contributed by atoms with E-state index in [1.54, 1.807) is 36.0 Å². The molecule has 0 fully saturated rings. The lowest BCUT2D eigenvalue weighted by molar-refractivity contribution is 0.0953. The summed E-state index contributed by atoms with van der Waals surface area (Å²) in [6.45, 7) is 2.39. The predicted octanol–water partition coefficient (Wildman–Crippen LogP) is 1.62. The second-order valence-electron chi connectivity index (χ2n) is 3.81. The molecule has 0 saturated heterocycles. The van der Waals surface area contributed by atoms with Gasteiger partial charge in [-0.1, -0.05) is 17.8 Å². The minimum absolute atomic E-state index is 0.339. The van der Waals surface area contributed by atoms with E-state index >= 15 is 0 Å². The van der Waals surface area contributed by atoms with E-state index in [1.165, 1.54) is 11.5 Å². The average Bonchev–Trinajstić information content (AvgIpc) is 2.88. The van der Waals surface area contributed by atoms with Crippen molar-refractivity contribution in [3.63, 3.8) is 0 Å². The molecular formula is C12H14N4O2S2. The maximum atomic E-state index is 11.4. The molecule has 2 aromatic rings. The summed E-state index contributed by atoms with van der Waals surface area (Å²) in [6.07, 6.45) is 0. The Morgan fingerprint density at radius 2 is 2.40 bits per heavy atom. The minimum Gasteiger partial charge on any atom is -0.493 e. The molecule has 0 aliphatic carbocycles. The van der Waals surface area contributed by atoms with Crippen molar-refractivity contribution >= 4 is 29.2 Å². The lowest BCUT2D eigenvalue weighted by Crippen LogP contribution is -2.29. The topological polar surface area (TPSA) is 90.1 Å². The van der Waals surface area contributed by atoms with E-state index < -0.39 is 0 Å². The number of benzene rings is 1. The third-order valence-corrected chi connectivity index (χ3v) is 4.20. The number of thioether (sulfide) groups is 1. The van der Waals surface area contributed by atoms with Crippen LogP contribution >= 0.6 is 23.3 Å². The largest absolute Gasteiger partial charge is 0.493 e. The van der Waals surface area contributed by atoms with Crippen molar-refractivity contribution in [1.29, 1.82) is 0 Å². The first-order valence-corrected chi connectivity index (χ1v) is 7.62. The first kappa shape index (κ1) is 14.8. The molecule has 6 nitrogen and oxygen atoms in total. The van der Waals surface area contributed by atoms with Crippen molar-refractivity contribution < 1.29 is 9.53 Å². The first-order chi connectivity index (χ1) is 9.69. The van der Waals surface area contributed by atoms with Crippen molar-refractivity contribution in [1.82, 2.24) is 14.8 Å². The smallest absolute Gasteiger partial charge is 0.265 e. The van der Waals surface area contributed by atoms with Crippen LogP contribution in [0.15, 0.2) is 28.6 Å².